The second-order valence-corrected chi connectivity index (χ2v) is 7.63. The van der Waals surface area contributed by atoms with Crippen molar-refractivity contribution < 1.29 is 18.3 Å². The third-order valence-electron chi connectivity index (χ3n) is 3.95. The highest BCUT2D eigenvalue weighted by Gasteiger charge is 2.43. The van der Waals surface area contributed by atoms with Crippen LogP contribution in [-0.4, -0.2) is 56.3 Å². The predicted octanol–water partition coefficient (Wildman–Crippen LogP) is 0.0926. The molecule has 0 radical (unpaired) electrons. The summed E-state index contributed by atoms with van der Waals surface area (Å²) in [6.07, 6.45) is 2.50. The second kappa shape index (κ2) is 5.65. The normalized spacial score (nSPS) is 31.3. The zero-order valence-corrected chi connectivity index (χ0v) is 12.4. The highest BCUT2D eigenvalue weighted by atomic mass is 32.2. The maximum atomic E-state index is 12.3. The number of aliphatic hydroxyl groups excluding tert-OH is 1. The molecule has 2 N–H and O–H groups in total. The summed E-state index contributed by atoms with van der Waals surface area (Å²) in [5, 5.41) is 8.99. The molecule has 6 nitrogen and oxygen atoms in total. The number of morpholine rings is 1. The Kier molecular flexibility index (Phi) is 4.52. The van der Waals surface area contributed by atoms with E-state index in [0.717, 1.165) is 12.8 Å². The molecule has 0 bridgehead atoms. The summed E-state index contributed by atoms with van der Waals surface area (Å²) in [5.41, 5.74) is -0.00859. The summed E-state index contributed by atoms with van der Waals surface area (Å²) in [6.45, 7) is 5.10. The Bertz CT molecular complexity index is 398. The topological polar surface area (TPSA) is 78.9 Å². The van der Waals surface area contributed by atoms with Crippen molar-refractivity contribution in [1.29, 1.82) is 0 Å². The van der Waals surface area contributed by atoms with Crippen LogP contribution in [0.2, 0.25) is 0 Å². The van der Waals surface area contributed by atoms with Gasteiger partial charge in [0.25, 0.3) is 10.2 Å². The van der Waals surface area contributed by atoms with E-state index < -0.39 is 10.2 Å². The lowest BCUT2D eigenvalue weighted by Gasteiger charge is -2.34. The van der Waals surface area contributed by atoms with E-state index in [1.54, 1.807) is 0 Å². The van der Waals surface area contributed by atoms with Gasteiger partial charge in [0.15, 0.2) is 0 Å². The molecule has 0 aromatic rings. The van der Waals surface area contributed by atoms with Crippen LogP contribution >= 0.6 is 0 Å². The first-order valence-corrected chi connectivity index (χ1v) is 8.32. The van der Waals surface area contributed by atoms with E-state index in [0.29, 0.717) is 26.1 Å². The minimum atomic E-state index is -3.44. The van der Waals surface area contributed by atoms with Crippen LogP contribution in [0.1, 0.15) is 33.1 Å². The van der Waals surface area contributed by atoms with E-state index in [4.69, 9.17) is 9.84 Å². The summed E-state index contributed by atoms with van der Waals surface area (Å²) in [6, 6.07) is 0. The summed E-state index contributed by atoms with van der Waals surface area (Å²) < 4.78 is 34.2. The summed E-state index contributed by atoms with van der Waals surface area (Å²) in [7, 11) is -3.44. The molecule has 19 heavy (non-hydrogen) atoms. The molecule has 7 heteroatoms. The Hall–Kier alpha value is -0.210. The Morgan fingerprint density at radius 1 is 1.32 bits per heavy atom. The highest BCUT2D eigenvalue weighted by molar-refractivity contribution is 7.87. The quantitative estimate of drug-likeness (QED) is 0.727. The van der Waals surface area contributed by atoms with E-state index in [1.807, 2.05) is 13.8 Å². The third-order valence-corrected chi connectivity index (χ3v) is 5.44. The zero-order valence-electron chi connectivity index (χ0n) is 11.6. The molecule has 1 aliphatic carbocycles. The Morgan fingerprint density at radius 2 is 1.89 bits per heavy atom. The van der Waals surface area contributed by atoms with Crippen molar-refractivity contribution in [3.05, 3.63) is 0 Å². The molecule has 1 saturated heterocycles. The van der Waals surface area contributed by atoms with Crippen LogP contribution < -0.4 is 4.72 Å². The van der Waals surface area contributed by atoms with Gasteiger partial charge in [0, 0.05) is 26.2 Å². The van der Waals surface area contributed by atoms with Crippen molar-refractivity contribution in [3.8, 4) is 0 Å². The molecule has 0 aromatic carbocycles. The Morgan fingerprint density at radius 3 is 2.37 bits per heavy atom. The molecule has 1 aliphatic heterocycles. The van der Waals surface area contributed by atoms with Crippen LogP contribution in [0.3, 0.4) is 0 Å². The van der Waals surface area contributed by atoms with Gasteiger partial charge in [-0.15, -0.1) is 0 Å². The van der Waals surface area contributed by atoms with Crippen LogP contribution in [-0.2, 0) is 14.9 Å². The van der Waals surface area contributed by atoms with Gasteiger partial charge in [0.05, 0.1) is 12.2 Å². The maximum absolute atomic E-state index is 12.3. The predicted molar refractivity (Wildman–Crippen MR) is 71.9 cm³/mol. The van der Waals surface area contributed by atoms with Crippen LogP contribution in [0.25, 0.3) is 0 Å². The number of nitrogens with one attached hydrogen (secondary N) is 1. The van der Waals surface area contributed by atoms with Crippen LogP contribution in [0, 0.1) is 5.41 Å². The molecule has 2 aliphatic rings. The van der Waals surface area contributed by atoms with Gasteiger partial charge in [-0.05, 0) is 38.5 Å². The lowest BCUT2D eigenvalue weighted by molar-refractivity contribution is -0.0444. The molecule has 0 spiro atoms. The fraction of sp³-hybridized carbons (Fsp3) is 1.00. The summed E-state index contributed by atoms with van der Waals surface area (Å²) >= 11 is 0. The first kappa shape index (κ1) is 15.2. The number of nitrogens with zero attached hydrogens (tertiary/aromatic N) is 1. The second-order valence-electron chi connectivity index (χ2n) is 5.87. The molecule has 112 valence electrons. The van der Waals surface area contributed by atoms with Crippen LogP contribution in [0.4, 0.5) is 0 Å². The molecule has 2 fully saturated rings. The average molecular weight is 292 g/mol. The highest BCUT2D eigenvalue weighted by Crippen LogP contribution is 2.48. The minimum absolute atomic E-state index is 0.00859. The van der Waals surface area contributed by atoms with Crippen molar-refractivity contribution in [2.75, 3.05) is 26.2 Å². The molecular weight excluding hydrogens is 268 g/mol. The van der Waals surface area contributed by atoms with Gasteiger partial charge in [0.1, 0.15) is 0 Å². The molecule has 0 amide bonds. The molecule has 2 rings (SSSR count). The maximum Gasteiger partial charge on any atom is 0.279 e. The van der Waals surface area contributed by atoms with Crippen molar-refractivity contribution >= 4 is 10.2 Å². The molecule has 2 unspecified atom stereocenters. The lowest BCUT2D eigenvalue weighted by Crippen LogP contribution is -2.52. The van der Waals surface area contributed by atoms with Gasteiger partial charge in [0.2, 0.25) is 0 Å². The van der Waals surface area contributed by atoms with E-state index in [9.17, 15) is 8.42 Å². The lowest BCUT2D eigenvalue weighted by atomic mass is 10.0. The van der Waals surface area contributed by atoms with Crippen LogP contribution in [0.15, 0.2) is 0 Å². The SMILES string of the molecule is CC1CN(S(=O)(=O)NCC2(CCO)CC2)CC(C)O1. The molecule has 2 atom stereocenters. The van der Waals surface area contributed by atoms with Gasteiger partial charge in [-0.25, -0.2) is 4.72 Å². The first-order chi connectivity index (χ1) is 8.87. The standard InChI is InChI=1S/C12H24N2O4S/c1-10-7-14(8-11(2)18-10)19(16,17)13-9-12(3-4-12)5-6-15/h10-11,13,15H,3-9H2,1-2H3. The van der Waals surface area contributed by atoms with Crippen molar-refractivity contribution in [3.63, 3.8) is 0 Å². The fourth-order valence-electron chi connectivity index (χ4n) is 2.59. The largest absolute Gasteiger partial charge is 0.396 e. The number of rotatable bonds is 6. The Labute approximate surface area is 115 Å². The number of hydrogen-bond donors (Lipinski definition) is 2. The van der Waals surface area contributed by atoms with E-state index in [2.05, 4.69) is 4.72 Å². The monoisotopic (exact) mass is 292 g/mol. The Balaban J connectivity index is 1.91. The summed E-state index contributed by atoms with van der Waals surface area (Å²) in [4.78, 5) is 0. The van der Waals surface area contributed by atoms with Crippen LogP contribution in [0.5, 0.6) is 0 Å². The number of ether oxygens (including phenoxy) is 1. The average Bonchev–Trinajstić information content (AvgIpc) is 3.06. The number of hydrogen-bond acceptors (Lipinski definition) is 4. The molecule has 1 heterocycles. The van der Waals surface area contributed by atoms with E-state index >= 15 is 0 Å². The first-order valence-electron chi connectivity index (χ1n) is 6.88. The van der Waals surface area contributed by atoms with Gasteiger partial charge < -0.3 is 9.84 Å². The van der Waals surface area contributed by atoms with Crippen molar-refractivity contribution in [2.24, 2.45) is 5.41 Å². The zero-order chi connectivity index (χ0) is 14.1. The van der Waals surface area contributed by atoms with Gasteiger partial charge in [-0.2, -0.15) is 12.7 Å². The number of aliphatic hydroxyl groups is 1. The smallest absolute Gasteiger partial charge is 0.279 e. The molecule has 0 aromatic heterocycles. The third kappa shape index (κ3) is 3.88. The van der Waals surface area contributed by atoms with Gasteiger partial charge in [-0.3, -0.25) is 0 Å². The minimum Gasteiger partial charge on any atom is -0.396 e. The van der Waals surface area contributed by atoms with Crippen molar-refractivity contribution in [2.45, 2.75) is 45.3 Å². The fourth-order valence-corrected chi connectivity index (χ4v) is 4.08. The van der Waals surface area contributed by atoms with E-state index in [-0.39, 0.29) is 24.2 Å². The molecule has 1 saturated carbocycles. The molecular formula is C12H24N2O4S. The summed E-state index contributed by atoms with van der Waals surface area (Å²) in [5.74, 6) is 0. The van der Waals surface area contributed by atoms with Gasteiger partial charge in [-0.1, -0.05) is 0 Å². The van der Waals surface area contributed by atoms with E-state index in [1.165, 1.54) is 4.31 Å². The van der Waals surface area contributed by atoms with Crippen molar-refractivity contribution in [1.82, 2.24) is 9.03 Å². The van der Waals surface area contributed by atoms with Gasteiger partial charge >= 0.3 is 0 Å².